The lowest BCUT2D eigenvalue weighted by molar-refractivity contribution is -0.281. The van der Waals surface area contributed by atoms with Gasteiger partial charge in [-0.25, -0.2) is 14.9 Å². The van der Waals surface area contributed by atoms with Crippen molar-refractivity contribution < 1.29 is 30.2 Å². The predicted octanol–water partition coefficient (Wildman–Crippen LogP) is 5.50. The number of hydrogen-bond donors (Lipinski definition) is 3. The van der Waals surface area contributed by atoms with Gasteiger partial charge in [0.25, 0.3) is 0 Å². The van der Waals surface area contributed by atoms with Crippen molar-refractivity contribution in [2.75, 3.05) is 0 Å². The smallest absolute Gasteiger partial charge is 0.328 e. The number of carbonyl (C=O) groups is 1. The topological polar surface area (TPSA) is 96.2 Å². The second-order valence-corrected chi connectivity index (χ2v) is 6.01. The third-order valence-electron chi connectivity index (χ3n) is 3.79. The van der Waals surface area contributed by atoms with Crippen molar-refractivity contribution in [3.63, 3.8) is 0 Å². The Hall–Kier alpha value is -1.89. The van der Waals surface area contributed by atoms with E-state index in [1.807, 2.05) is 12.2 Å². The van der Waals surface area contributed by atoms with Gasteiger partial charge in [-0.15, -0.1) is 0 Å². The first-order valence-electron chi connectivity index (χ1n) is 9.20. The highest BCUT2D eigenvalue weighted by Crippen LogP contribution is 2.14. The molecule has 148 valence electrons. The minimum atomic E-state index is -1.07. The summed E-state index contributed by atoms with van der Waals surface area (Å²) >= 11 is 0. The van der Waals surface area contributed by atoms with Crippen molar-refractivity contribution in [1.82, 2.24) is 0 Å². The summed E-state index contributed by atoms with van der Waals surface area (Å²) in [4.78, 5) is 19.0. The number of rotatable bonds is 16. The fourth-order valence-electron chi connectivity index (χ4n) is 2.35. The van der Waals surface area contributed by atoms with Crippen molar-refractivity contribution in [1.29, 1.82) is 0 Å². The van der Waals surface area contributed by atoms with Crippen molar-refractivity contribution in [3.8, 4) is 0 Å². The predicted molar refractivity (Wildman–Crippen MR) is 102 cm³/mol. The van der Waals surface area contributed by atoms with Crippen LogP contribution >= 0.6 is 0 Å². The maximum absolute atomic E-state index is 10.3. The highest BCUT2D eigenvalue weighted by Gasteiger charge is 2.07. The molecule has 0 bridgehead atoms. The van der Waals surface area contributed by atoms with Gasteiger partial charge in [0.1, 0.15) is 0 Å². The molecule has 0 spiro atoms. The summed E-state index contributed by atoms with van der Waals surface area (Å²) in [6, 6.07) is 0. The van der Waals surface area contributed by atoms with Crippen LogP contribution in [0.3, 0.4) is 0 Å². The van der Waals surface area contributed by atoms with Gasteiger partial charge in [-0.1, -0.05) is 63.3 Å². The van der Waals surface area contributed by atoms with E-state index in [0.717, 1.165) is 51.0 Å². The average molecular weight is 368 g/mol. The van der Waals surface area contributed by atoms with E-state index in [-0.39, 0.29) is 11.9 Å². The average Bonchev–Trinajstić information content (AvgIpc) is 2.63. The fraction of sp³-hybridized carbons (Fsp3) is 0.550. The molecule has 0 rings (SSSR count). The molecule has 3 N–H and O–H groups in total. The van der Waals surface area contributed by atoms with Crippen LogP contribution in [0, 0.1) is 0 Å². The van der Waals surface area contributed by atoms with E-state index in [4.69, 9.17) is 15.6 Å². The van der Waals surface area contributed by atoms with E-state index in [2.05, 4.69) is 16.7 Å². The largest absolute Gasteiger partial charge is 0.478 e. The minimum Gasteiger partial charge on any atom is -0.478 e. The van der Waals surface area contributed by atoms with Gasteiger partial charge in [0.2, 0.25) is 0 Å². The van der Waals surface area contributed by atoms with Crippen LogP contribution in [0.5, 0.6) is 0 Å². The van der Waals surface area contributed by atoms with Crippen molar-refractivity contribution >= 4 is 5.97 Å². The Morgan fingerprint density at radius 1 is 0.962 bits per heavy atom. The highest BCUT2D eigenvalue weighted by molar-refractivity contribution is 5.80. The number of aliphatic carboxylic acids is 1. The molecule has 0 aliphatic carbocycles. The van der Waals surface area contributed by atoms with E-state index in [1.54, 1.807) is 6.08 Å². The first kappa shape index (κ1) is 24.1. The van der Waals surface area contributed by atoms with E-state index >= 15 is 0 Å². The van der Waals surface area contributed by atoms with Crippen molar-refractivity contribution in [2.45, 2.75) is 70.8 Å². The van der Waals surface area contributed by atoms with Crippen molar-refractivity contribution in [3.05, 3.63) is 48.3 Å². The number of hydrogen-bond acceptors (Lipinski definition) is 5. The molecular formula is C20H32O6. The van der Waals surface area contributed by atoms with Crippen LogP contribution in [0.2, 0.25) is 0 Å². The van der Waals surface area contributed by atoms with Crippen LogP contribution < -0.4 is 0 Å². The third-order valence-corrected chi connectivity index (χ3v) is 3.79. The molecule has 1 unspecified atom stereocenters. The van der Waals surface area contributed by atoms with Crippen LogP contribution in [0.15, 0.2) is 48.3 Å². The number of carboxylic acid groups (broad SMARTS) is 1. The van der Waals surface area contributed by atoms with E-state index < -0.39 is 5.97 Å². The Kier molecular flexibility index (Phi) is 16.6. The molecule has 0 saturated carbocycles. The lowest BCUT2D eigenvalue weighted by atomic mass is 10.0. The normalized spacial score (nSPS) is 13.9. The molecule has 0 heterocycles. The Morgan fingerprint density at radius 3 is 2.31 bits per heavy atom. The molecule has 0 fully saturated rings. The summed E-state index contributed by atoms with van der Waals surface area (Å²) in [6.07, 6.45) is 19.9. The zero-order valence-corrected chi connectivity index (χ0v) is 15.5. The molecule has 26 heavy (non-hydrogen) atoms. The summed E-state index contributed by atoms with van der Waals surface area (Å²) in [5, 5.41) is 26.0. The van der Waals surface area contributed by atoms with Gasteiger partial charge in [0, 0.05) is 6.08 Å². The second kappa shape index (κ2) is 17.9. The van der Waals surface area contributed by atoms with E-state index in [0.29, 0.717) is 0 Å². The van der Waals surface area contributed by atoms with Crippen LogP contribution in [-0.2, 0) is 14.6 Å². The van der Waals surface area contributed by atoms with Crippen LogP contribution in [0.4, 0.5) is 0 Å². The molecule has 0 aliphatic rings. The molecule has 1 atom stereocenters. The third kappa shape index (κ3) is 15.6. The molecule has 0 aromatic heterocycles. The first-order chi connectivity index (χ1) is 12.6. The summed E-state index contributed by atoms with van der Waals surface area (Å²) < 4.78 is 0. The SMILES string of the molecule is CCCCCC(CCCCC/C=C/C=C/C(=C/C=C/C(=O)O)OO)OO. The van der Waals surface area contributed by atoms with Gasteiger partial charge in [0.15, 0.2) is 5.76 Å². The first-order valence-corrected chi connectivity index (χ1v) is 9.20. The van der Waals surface area contributed by atoms with Crippen molar-refractivity contribution in [2.24, 2.45) is 0 Å². The fourth-order valence-corrected chi connectivity index (χ4v) is 2.35. The van der Waals surface area contributed by atoms with Gasteiger partial charge >= 0.3 is 5.97 Å². The van der Waals surface area contributed by atoms with Gasteiger partial charge < -0.3 is 9.99 Å². The monoisotopic (exact) mass is 368 g/mol. The highest BCUT2D eigenvalue weighted by atomic mass is 17.1. The van der Waals surface area contributed by atoms with Gasteiger partial charge in [-0.05, 0) is 37.8 Å². The lowest BCUT2D eigenvalue weighted by Crippen LogP contribution is -2.10. The van der Waals surface area contributed by atoms with Gasteiger partial charge in [0.05, 0.1) is 6.10 Å². The molecule has 0 aromatic rings. The number of carboxylic acids is 1. The molecule has 0 saturated heterocycles. The van der Waals surface area contributed by atoms with E-state index in [1.165, 1.54) is 31.1 Å². The lowest BCUT2D eigenvalue weighted by Gasteiger charge is -2.12. The Balaban J connectivity index is 3.87. The van der Waals surface area contributed by atoms with E-state index in [9.17, 15) is 4.79 Å². The molecule has 6 heteroatoms. The standard InChI is InChI=1S/C20H32O6/c1-2-3-9-13-18(25-23)14-10-7-5-4-6-8-11-15-19(26-24)16-12-17-20(21)22/h6,8,11-12,15-18,23-24H,2-5,7,9-10,13-14H2,1H3,(H,21,22)/b8-6+,15-11+,17-12+,19-16-. The summed E-state index contributed by atoms with van der Waals surface area (Å²) in [7, 11) is 0. The van der Waals surface area contributed by atoms with Crippen LogP contribution in [0.1, 0.15) is 64.7 Å². The molecule has 0 aromatic carbocycles. The summed E-state index contributed by atoms with van der Waals surface area (Å²) in [6.45, 7) is 2.15. The van der Waals surface area contributed by atoms with Gasteiger partial charge in [-0.2, -0.15) is 0 Å². The summed E-state index contributed by atoms with van der Waals surface area (Å²) in [5.74, 6) is -0.925. The molecule has 0 aliphatic heterocycles. The van der Waals surface area contributed by atoms with Crippen LogP contribution in [-0.4, -0.2) is 27.7 Å². The molecular weight excluding hydrogens is 336 g/mol. The Bertz CT molecular complexity index is 465. The second-order valence-electron chi connectivity index (χ2n) is 6.01. The molecule has 0 amide bonds. The maximum atomic E-state index is 10.3. The summed E-state index contributed by atoms with van der Waals surface area (Å²) in [5.41, 5.74) is 0. The number of unbranched alkanes of at least 4 members (excludes halogenated alkanes) is 5. The zero-order chi connectivity index (χ0) is 19.5. The number of allylic oxidation sites excluding steroid dienone is 6. The maximum Gasteiger partial charge on any atom is 0.328 e. The van der Waals surface area contributed by atoms with Crippen LogP contribution in [0.25, 0.3) is 0 Å². The molecule has 6 nitrogen and oxygen atoms in total. The molecule has 0 radical (unpaired) electrons. The van der Waals surface area contributed by atoms with Gasteiger partial charge in [-0.3, -0.25) is 5.26 Å². The Morgan fingerprint density at radius 2 is 1.69 bits per heavy atom. The minimum absolute atomic E-state index is 0.0427. The zero-order valence-electron chi connectivity index (χ0n) is 15.5. The Labute approximate surface area is 156 Å². The quantitative estimate of drug-likeness (QED) is 0.0831.